The Morgan fingerprint density at radius 2 is 1.97 bits per heavy atom. The molecule has 32 heavy (non-hydrogen) atoms. The molecule has 4 aromatic rings. The van der Waals surface area contributed by atoms with Gasteiger partial charge in [-0.1, -0.05) is 12.1 Å². The fourth-order valence-electron chi connectivity index (χ4n) is 3.89. The van der Waals surface area contributed by atoms with E-state index in [9.17, 15) is 5.11 Å². The van der Waals surface area contributed by atoms with Crippen LogP contribution in [0.3, 0.4) is 0 Å². The summed E-state index contributed by atoms with van der Waals surface area (Å²) in [5.74, 6) is 2.26. The van der Waals surface area contributed by atoms with Gasteiger partial charge in [-0.2, -0.15) is 0 Å². The zero-order chi connectivity index (χ0) is 22.1. The molecule has 8 heteroatoms. The molecule has 0 fully saturated rings. The molecule has 3 N–H and O–H groups in total. The second-order valence-corrected chi connectivity index (χ2v) is 8.52. The van der Waals surface area contributed by atoms with Gasteiger partial charge in [-0.05, 0) is 42.8 Å². The number of ether oxygens (including phenoxy) is 1. The highest BCUT2D eigenvalue weighted by atomic mass is 32.1. The van der Waals surface area contributed by atoms with Gasteiger partial charge in [0.05, 0.1) is 36.0 Å². The predicted octanol–water partition coefficient (Wildman–Crippen LogP) is 4.89. The van der Waals surface area contributed by atoms with Crippen LogP contribution < -0.4 is 4.74 Å². The van der Waals surface area contributed by atoms with Gasteiger partial charge in [-0.3, -0.25) is 5.41 Å². The van der Waals surface area contributed by atoms with Crippen LogP contribution in [-0.4, -0.2) is 51.0 Å². The minimum absolute atomic E-state index is 0.203. The van der Waals surface area contributed by atoms with Crippen molar-refractivity contribution < 1.29 is 9.84 Å². The number of fused-ring (bicyclic) bond motifs is 1. The SMILES string of the molecule is COc1ccc(-c2csc(C3=C(O)CN(CCCc4nc5ccccc5[nH]4)C3=N)n2)cc1. The number of rotatable bonds is 7. The second kappa shape index (κ2) is 8.47. The Kier molecular flexibility index (Phi) is 5.36. The summed E-state index contributed by atoms with van der Waals surface area (Å²) >= 11 is 1.44. The summed E-state index contributed by atoms with van der Waals surface area (Å²) in [5, 5.41) is 21.8. The van der Waals surface area contributed by atoms with Crippen LogP contribution in [0.5, 0.6) is 5.75 Å². The van der Waals surface area contributed by atoms with Crippen LogP contribution in [0.15, 0.2) is 59.7 Å². The zero-order valence-corrected chi connectivity index (χ0v) is 18.4. The number of thiazole rings is 1. The largest absolute Gasteiger partial charge is 0.510 e. The second-order valence-electron chi connectivity index (χ2n) is 7.66. The van der Waals surface area contributed by atoms with E-state index in [2.05, 4.69) is 15.0 Å². The molecule has 5 rings (SSSR count). The van der Waals surface area contributed by atoms with Gasteiger partial charge in [0.15, 0.2) is 0 Å². The van der Waals surface area contributed by atoms with Crippen molar-refractivity contribution in [1.82, 2.24) is 19.9 Å². The average molecular weight is 446 g/mol. The molecule has 0 saturated heterocycles. The van der Waals surface area contributed by atoms with Crippen molar-refractivity contribution in [3.63, 3.8) is 0 Å². The van der Waals surface area contributed by atoms with E-state index in [1.807, 2.05) is 58.8 Å². The number of aliphatic hydroxyl groups is 1. The number of hydrogen-bond donors (Lipinski definition) is 3. The lowest BCUT2D eigenvalue weighted by molar-refractivity contribution is 0.347. The molecule has 0 unspecified atom stereocenters. The number of nitrogens with zero attached hydrogens (tertiary/aromatic N) is 3. The summed E-state index contributed by atoms with van der Waals surface area (Å²) in [4.78, 5) is 14.5. The van der Waals surface area contributed by atoms with Crippen LogP contribution >= 0.6 is 11.3 Å². The maximum absolute atomic E-state index is 10.6. The molecular weight excluding hydrogens is 422 g/mol. The van der Waals surface area contributed by atoms with Crippen LogP contribution in [0.4, 0.5) is 0 Å². The number of imidazole rings is 1. The highest BCUT2D eigenvalue weighted by Crippen LogP contribution is 2.32. The van der Waals surface area contributed by atoms with Crippen LogP contribution in [0, 0.1) is 5.41 Å². The normalized spacial score (nSPS) is 14.0. The quantitative estimate of drug-likeness (QED) is 0.376. The van der Waals surface area contributed by atoms with E-state index in [4.69, 9.17) is 10.1 Å². The number of para-hydroxylation sites is 2. The van der Waals surface area contributed by atoms with E-state index in [1.165, 1.54) is 11.3 Å². The summed E-state index contributed by atoms with van der Waals surface area (Å²) in [5.41, 5.74) is 4.33. The number of aliphatic hydroxyl groups excluding tert-OH is 1. The molecule has 0 saturated carbocycles. The first-order valence-corrected chi connectivity index (χ1v) is 11.3. The number of aromatic nitrogens is 3. The van der Waals surface area contributed by atoms with Gasteiger partial charge in [-0.25, -0.2) is 9.97 Å². The van der Waals surface area contributed by atoms with E-state index >= 15 is 0 Å². The first-order chi connectivity index (χ1) is 15.6. The Morgan fingerprint density at radius 3 is 2.75 bits per heavy atom. The topological polar surface area (TPSA) is 98.1 Å². The number of amidine groups is 1. The van der Waals surface area contributed by atoms with Crippen molar-refractivity contribution in [1.29, 1.82) is 5.41 Å². The maximum Gasteiger partial charge on any atom is 0.135 e. The minimum atomic E-state index is 0.203. The third-order valence-electron chi connectivity index (χ3n) is 5.57. The van der Waals surface area contributed by atoms with E-state index in [0.29, 0.717) is 29.5 Å². The summed E-state index contributed by atoms with van der Waals surface area (Å²) in [6, 6.07) is 15.7. The molecular formula is C24H23N5O2S. The average Bonchev–Trinajstić information content (AvgIpc) is 3.51. The van der Waals surface area contributed by atoms with E-state index in [-0.39, 0.29) is 5.76 Å². The Labute approximate surface area is 189 Å². The highest BCUT2D eigenvalue weighted by molar-refractivity contribution is 7.11. The van der Waals surface area contributed by atoms with E-state index in [1.54, 1.807) is 7.11 Å². The molecule has 0 radical (unpaired) electrons. The lowest BCUT2D eigenvalue weighted by Crippen LogP contribution is -2.28. The molecule has 162 valence electrons. The zero-order valence-electron chi connectivity index (χ0n) is 17.6. The number of hydrogen-bond acceptors (Lipinski definition) is 6. The Hall–Kier alpha value is -3.65. The van der Waals surface area contributed by atoms with Crippen molar-refractivity contribution >= 4 is 33.8 Å². The summed E-state index contributed by atoms with van der Waals surface area (Å²) in [7, 11) is 1.64. The van der Waals surface area contributed by atoms with Gasteiger partial charge in [0.1, 0.15) is 28.2 Å². The molecule has 2 aromatic heterocycles. The Morgan fingerprint density at radius 1 is 1.16 bits per heavy atom. The van der Waals surface area contributed by atoms with Crippen molar-refractivity contribution in [3.05, 3.63) is 70.5 Å². The van der Waals surface area contributed by atoms with Gasteiger partial charge in [0.2, 0.25) is 0 Å². The van der Waals surface area contributed by atoms with Crippen molar-refractivity contribution in [2.45, 2.75) is 12.8 Å². The predicted molar refractivity (Wildman–Crippen MR) is 127 cm³/mol. The monoisotopic (exact) mass is 445 g/mol. The fourth-order valence-corrected chi connectivity index (χ4v) is 4.79. The third kappa shape index (κ3) is 3.85. The number of aromatic amines is 1. The van der Waals surface area contributed by atoms with Crippen molar-refractivity contribution in [2.75, 3.05) is 20.2 Å². The molecule has 0 atom stereocenters. The fraction of sp³-hybridized carbons (Fsp3) is 0.208. The van der Waals surface area contributed by atoms with Gasteiger partial charge in [0, 0.05) is 23.9 Å². The molecule has 3 heterocycles. The molecule has 7 nitrogen and oxygen atoms in total. The Balaban J connectivity index is 1.23. The molecule has 0 bridgehead atoms. The first kappa shape index (κ1) is 20.3. The van der Waals surface area contributed by atoms with Crippen molar-refractivity contribution in [3.8, 4) is 17.0 Å². The van der Waals surface area contributed by atoms with E-state index < -0.39 is 0 Å². The number of benzene rings is 2. The Bertz CT molecular complexity index is 1270. The number of aryl methyl sites for hydroxylation is 1. The lowest BCUT2D eigenvalue weighted by Gasteiger charge is -2.17. The molecule has 0 spiro atoms. The van der Waals surface area contributed by atoms with Gasteiger partial charge in [-0.15, -0.1) is 11.3 Å². The molecule has 1 aliphatic heterocycles. The lowest BCUT2D eigenvalue weighted by atomic mass is 10.1. The molecule has 1 aliphatic rings. The van der Waals surface area contributed by atoms with Crippen LogP contribution in [0.2, 0.25) is 0 Å². The van der Waals surface area contributed by atoms with Gasteiger partial charge >= 0.3 is 0 Å². The molecule has 0 amide bonds. The summed E-state index contributed by atoms with van der Waals surface area (Å²) < 4.78 is 5.21. The first-order valence-electron chi connectivity index (χ1n) is 10.4. The van der Waals surface area contributed by atoms with Crippen LogP contribution in [0.25, 0.3) is 27.9 Å². The highest BCUT2D eigenvalue weighted by Gasteiger charge is 2.30. The summed E-state index contributed by atoms with van der Waals surface area (Å²) in [6.07, 6.45) is 1.62. The van der Waals surface area contributed by atoms with Crippen LogP contribution in [-0.2, 0) is 6.42 Å². The smallest absolute Gasteiger partial charge is 0.135 e. The number of methoxy groups -OCH3 is 1. The molecule has 0 aliphatic carbocycles. The van der Waals surface area contributed by atoms with Gasteiger partial charge < -0.3 is 19.7 Å². The van der Waals surface area contributed by atoms with Gasteiger partial charge in [0.25, 0.3) is 0 Å². The number of nitrogens with one attached hydrogen (secondary N) is 2. The standard InChI is InChI=1S/C24H23N5O2S/c1-31-16-10-8-15(9-11-16)19-14-32-24(28-19)22-20(30)13-29(23(22)25)12-4-7-21-26-17-5-2-3-6-18(17)27-21/h2-3,5-6,8-11,14,25,30H,4,7,12-13H2,1H3,(H,26,27). The van der Waals surface area contributed by atoms with Crippen molar-refractivity contribution in [2.24, 2.45) is 0 Å². The maximum atomic E-state index is 10.6. The minimum Gasteiger partial charge on any atom is -0.510 e. The van der Waals surface area contributed by atoms with E-state index in [0.717, 1.165) is 46.7 Å². The third-order valence-corrected chi connectivity index (χ3v) is 6.43. The summed E-state index contributed by atoms with van der Waals surface area (Å²) in [6.45, 7) is 1.01. The van der Waals surface area contributed by atoms with Crippen LogP contribution in [0.1, 0.15) is 17.3 Å². The molecule has 2 aromatic carbocycles. The number of H-pyrrole nitrogens is 1.